The van der Waals surface area contributed by atoms with Crippen LogP contribution in [0.3, 0.4) is 0 Å². The maximum absolute atomic E-state index is 13.4. The minimum absolute atomic E-state index is 0.0563. The summed E-state index contributed by atoms with van der Waals surface area (Å²) in [6.07, 6.45) is -0.512. The second kappa shape index (κ2) is 4.87. The molecule has 90 valence electrons. The number of hydrogen-bond acceptors (Lipinski definition) is 3. The van der Waals surface area contributed by atoms with Crippen LogP contribution >= 0.6 is 38.5 Å². The molecule has 0 saturated heterocycles. The highest BCUT2D eigenvalue weighted by atomic mass is 127. The minimum atomic E-state index is -3.58. The number of rotatable bonds is 3. The molecule has 0 aliphatic carbocycles. The second-order valence-electron chi connectivity index (χ2n) is 3.26. The van der Waals surface area contributed by atoms with Crippen molar-refractivity contribution < 1.29 is 17.9 Å². The van der Waals surface area contributed by atoms with Crippen molar-refractivity contribution in [2.45, 2.75) is 7.77 Å². The average molecular weight is 423 g/mol. The summed E-state index contributed by atoms with van der Waals surface area (Å²) in [4.78, 5) is 0. The Bertz CT molecular complexity index is 489. The fraction of sp³-hybridized carbons (Fsp3) is 0.333. The van der Waals surface area contributed by atoms with Gasteiger partial charge in [-0.1, -0.05) is 34.1 Å². The zero-order chi connectivity index (χ0) is 12.6. The Hall–Kier alpha value is 0.270. The van der Waals surface area contributed by atoms with E-state index in [1.54, 1.807) is 22.6 Å². The van der Waals surface area contributed by atoms with Gasteiger partial charge in [0.25, 0.3) is 0 Å². The molecule has 3 nitrogen and oxygen atoms in total. The molecule has 0 heterocycles. The molecule has 2 atom stereocenters. The molecule has 0 radical (unpaired) electrons. The van der Waals surface area contributed by atoms with E-state index in [0.717, 1.165) is 6.26 Å². The number of alkyl halides is 2. The van der Waals surface area contributed by atoms with Crippen LogP contribution in [0.2, 0.25) is 0 Å². The van der Waals surface area contributed by atoms with Gasteiger partial charge in [-0.15, -0.1) is 0 Å². The van der Waals surface area contributed by atoms with Crippen LogP contribution in [0.15, 0.2) is 24.3 Å². The maximum atomic E-state index is 13.4. The van der Waals surface area contributed by atoms with Crippen molar-refractivity contribution >= 4 is 48.4 Å². The van der Waals surface area contributed by atoms with Gasteiger partial charge in [0.15, 0.2) is 9.84 Å². The predicted molar refractivity (Wildman–Crippen MR) is 71.9 cm³/mol. The van der Waals surface area contributed by atoms with E-state index in [1.165, 1.54) is 24.3 Å². The van der Waals surface area contributed by atoms with Crippen molar-refractivity contribution in [3.63, 3.8) is 0 Å². The van der Waals surface area contributed by atoms with Gasteiger partial charge in [-0.2, -0.15) is 0 Å². The highest BCUT2D eigenvalue weighted by Gasteiger charge is 2.44. The summed E-state index contributed by atoms with van der Waals surface area (Å²) in [6.45, 7) is 0. The van der Waals surface area contributed by atoms with Crippen molar-refractivity contribution in [2.75, 3.05) is 6.26 Å². The molecule has 0 aliphatic rings. The van der Waals surface area contributed by atoms with E-state index >= 15 is 0 Å². The van der Waals surface area contributed by atoms with Crippen LogP contribution in [0, 0.1) is 5.82 Å². The van der Waals surface area contributed by atoms with Gasteiger partial charge in [-0.05, 0) is 28.7 Å². The van der Waals surface area contributed by atoms with Gasteiger partial charge < -0.3 is 5.11 Å². The quantitative estimate of drug-likeness (QED) is 0.601. The molecular formula is C9H9BrFIO3S. The lowest BCUT2D eigenvalue weighted by Gasteiger charge is -2.25. The van der Waals surface area contributed by atoms with Crippen LogP contribution in [0.25, 0.3) is 0 Å². The predicted octanol–water partition coefficient (Wildman–Crippen LogP) is 2.39. The van der Waals surface area contributed by atoms with E-state index in [1.807, 2.05) is 0 Å². The Labute approximate surface area is 115 Å². The Kier molecular flexibility index (Phi) is 4.36. The van der Waals surface area contributed by atoms with Gasteiger partial charge in [0.1, 0.15) is 11.9 Å². The summed E-state index contributed by atoms with van der Waals surface area (Å²) < 4.78 is 34.6. The molecule has 1 aromatic rings. The van der Waals surface area contributed by atoms with Crippen LogP contribution in [0.1, 0.15) is 11.7 Å². The Morgan fingerprint density at radius 1 is 1.50 bits per heavy atom. The summed E-state index contributed by atoms with van der Waals surface area (Å²) in [5.41, 5.74) is -0.0563. The summed E-state index contributed by atoms with van der Waals surface area (Å²) in [5, 5.41) is 9.89. The smallest absolute Gasteiger partial charge is 0.206 e. The maximum Gasteiger partial charge on any atom is 0.206 e. The fourth-order valence-corrected chi connectivity index (χ4v) is 2.20. The number of sulfone groups is 1. The third-order valence-electron chi connectivity index (χ3n) is 2.01. The van der Waals surface area contributed by atoms with E-state index in [2.05, 4.69) is 15.9 Å². The van der Waals surface area contributed by atoms with Crippen molar-refractivity contribution in [1.29, 1.82) is 0 Å². The Morgan fingerprint density at radius 2 is 2.00 bits per heavy atom. The number of halogens is 3. The molecular weight excluding hydrogens is 414 g/mol. The first-order valence-corrected chi connectivity index (χ1v) is 7.94. The van der Waals surface area contributed by atoms with E-state index in [0.29, 0.717) is 0 Å². The van der Waals surface area contributed by atoms with Crippen molar-refractivity contribution in [3.8, 4) is 0 Å². The molecule has 0 amide bonds. The third-order valence-corrected chi connectivity index (χ3v) is 8.41. The lowest BCUT2D eigenvalue weighted by molar-refractivity contribution is 0.186. The molecule has 0 fully saturated rings. The zero-order valence-electron chi connectivity index (χ0n) is 8.19. The first-order chi connectivity index (χ1) is 7.18. The van der Waals surface area contributed by atoms with Gasteiger partial charge >= 0.3 is 0 Å². The molecule has 1 rings (SSSR count). The summed E-state index contributed by atoms with van der Waals surface area (Å²) in [6, 6.07) is 5.51. The largest absolute Gasteiger partial charge is 0.385 e. The monoisotopic (exact) mass is 422 g/mol. The van der Waals surface area contributed by atoms with Crippen molar-refractivity contribution in [2.24, 2.45) is 0 Å². The van der Waals surface area contributed by atoms with E-state index < -0.39 is 23.4 Å². The number of aliphatic hydroxyl groups is 1. The molecule has 16 heavy (non-hydrogen) atoms. The molecule has 7 heteroatoms. The molecule has 1 aromatic carbocycles. The Morgan fingerprint density at radius 3 is 2.44 bits per heavy atom. The molecule has 0 spiro atoms. The van der Waals surface area contributed by atoms with E-state index in [-0.39, 0.29) is 5.56 Å². The van der Waals surface area contributed by atoms with Crippen molar-refractivity contribution in [3.05, 3.63) is 35.6 Å². The number of benzene rings is 1. The first-order valence-electron chi connectivity index (χ1n) is 4.18. The first kappa shape index (κ1) is 14.3. The van der Waals surface area contributed by atoms with Gasteiger partial charge in [-0.25, -0.2) is 12.8 Å². The van der Waals surface area contributed by atoms with E-state index in [9.17, 15) is 17.9 Å². The van der Waals surface area contributed by atoms with Gasteiger partial charge in [0.05, 0.1) is 0 Å². The van der Waals surface area contributed by atoms with Gasteiger partial charge in [0.2, 0.25) is 1.66 Å². The van der Waals surface area contributed by atoms with Gasteiger partial charge in [-0.3, -0.25) is 0 Å². The molecule has 0 aromatic heterocycles. The van der Waals surface area contributed by atoms with Gasteiger partial charge in [0, 0.05) is 11.8 Å². The van der Waals surface area contributed by atoms with Crippen LogP contribution in [-0.2, 0) is 9.84 Å². The highest BCUT2D eigenvalue weighted by Crippen LogP contribution is 2.44. The SMILES string of the molecule is CS(=O)(=O)[C@@](Br)(I)[C@H](O)c1ccccc1F. The van der Waals surface area contributed by atoms with Crippen LogP contribution in [-0.4, -0.2) is 21.4 Å². The zero-order valence-corrected chi connectivity index (χ0v) is 12.8. The topological polar surface area (TPSA) is 54.4 Å². The lowest BCUT2D eigenvalue weighted by atomic mass is 10.1. The van der Waals surface area contributed by atoms with Crippen LogP contribution in [0.5, 0.6) is 0 Å². The lowest BCUT2D eigenvalue weighted by Crippen LogP contribution is -2.31. The normalized spacial score (nSPS) is 17.8. The van der Waals surface area contributed by atoms with Crippen LogP contribution < -0.4 is 0 Å². The summed E-state index contributed by atoms with van der Waals surface area (Å²) >= 11 is 4.46. The van der Waals surface area contributed by atoms with E-state index in [4.69, 9.17) is 0 Å². The Balaban J connectivity index is 3.23. The molecule has 0 saturated carbocycles. The highest BCUT2D eigenvalue weighted by molar-refractivity contribution is 14.1. The average Bonchev–Trinajstić information content (AvgIpc) is 2.15. The summed E-state index contributed by atoms with van der Waals surface area (Å²) in [5.74, 6) is -0.640. The second-order valence-corrected chi connectivity index (χ2v) is 11.1. The molecule has 0 aliphatic heterocycles. The minimum Gasteiger partial charge on any atom is -0.385 e. The summed E-state index contributed by atoms with van der Waals surface area (Å²) in [7, 11) is -3.58. The standard InChI is InChI=1S/C9H9BrFIO3S/c1-16(14,15)9(10,12)8(13)6-4-2-3-5-7(6)11/h2-5,8,13H,1H3/t8-,9+/m1/s1. The van der Waals surface area contributed by atoms with Crippen LogP contribution in [0.4, 0.5) is 4.39 Å². The molecule has 1 N–H and O–H groups in total. The fourth-order valence-electron chi connectivity index (χ4n) is 1.08. The number of hydrogen-bond donors (Lipinski definition) is 1. The number of aliphatic hydroxyl groups excluding tert-OH is 1. The third kappa shape index (κ3) is 2.74. The molecule has 0 bridgehead atoms. The molecule has 0 unspecified atom stereocenters. The van der Waals surface area contributed by atoms with Crippen molar-refractivity contribution in [1.82, 2.24) is 0 Å².